The summed E-state index contributed by atoms with van der Waals surface area (Å²) in [6, 6.07) is 3.84. The average molecular weight is 289 g/mol. The second-order valence-electron chi connectivity index (χ2n) is 3.07. The summed E-state index contributed by atoms with van der Waals surface area (Å²) in [6.07, 6.45) is 0. The third kappa shape index (κ3) is 6.02. The van der Waals surface area contributed by atoms with E-state index >= 15 is 0 Å². The first-order chi connectivity index (χ1) is 7.90. The molecule has 1 rings (SSSR count). The van der Waals surface area contributed by atoms with Crippen molar-refractivity contribution in [2.75, 3.05) is 12.4 Å². The van der Waals surface area contributed by atoms with Crippen molar-refractivity contribution in [3.8, 4) is 5.75 Å². The summed E-state index contributed by atoms with van der Waals surface area (Å²) in [7, 11) is 0. The fourth-order valence-corrected chi connectivity index (χ4v) is 1.65. The predicted molar refractivity (Wildman–Crippen MR) is 60.0 cm³/mol. The molecule has 0 radical (unpaired) electrons. The monoisotopic (exact) mass is 288 g/mol. The number of alkyl halides is 4. The Labute approximate surface area is 105 Å². The lowest BCUT2D eigenvalue weighted by Gasteiger charge is -2.08. The second kappa shape index (κ2) is 6.35. The van der Waals surface area contributed by atoms with E-state index in [1.165, 1.54) is 12.1 Å². The van der Waals surface area contributed by atoms with Gasteiger partial charge in [0.15, 0.2) is 0 Å². The van der Waals surface area contributed by atoms with Crippen LogP contribution in [-0.4, -0.2) is 17.9 Å². The van der Waals surface area contributed by atoms with E-state index in [9.17, 15) is 17.6 Å². The van der Waals surface area contributed by atoms with Gasteiger partial charge in [0.1, 0.15) is 11.6 Å². The van der Waals surface area contributed by atoms with Crippen molar-refractivity contribution in [2.45, 2.75) is 11.4 Å². The minimum atomic E-state index is -4.27. The smallest absolute Gasteiger partial charge is 0.441 e. The maximum absolute atomic E-state index is 13.0. The Kier molecular flexibility index (Phi) is 5.39. The summed E-state index contributed by atoms with van der Waals surface area (Å²) in [4.78, 5) is 0. The lowest BCUT2D eigenvalue weighted by Crippen LogP contribution is -2.07. The average Bonchev–Trinajstić information content (AvgIpc) is 2.22. The summed E-state index contributed by atoms with van der Waals surface area (Å²) >= 11 is 5.34. The molecule has 17 heavy (non-hydrogen) atoms. The molecule has 0 amide bonds. The highest BCUT2D eigenvalue weighted by atomic mass is 35.5. The number of ether oxygens (including phenoxy) is 1. The summed E-state index contributed by atoms with van der Waals surface area (Å²) in [6.45, 7) is -0.143. The van der Waals surface area contributed by atoms with Crippen molar-refractivity contribution in [1.82, 2.24) is 0 Å². The van der Waals surface area contributed by atoms with E-state index in [2.05, 4.69) is 0 Å². The van der Waals surface area contributed by atoms with Crippen LogP contribution in [0.4, 0.5) is 17.6 Å². The molecule has 96 valence electrons. The SMILES string of the molecule is Fc1cc(CCl)cc(OCCSC(F)(F)F)c1. The number of hydrogen-bond acceptors (Lipinski definition) is 2. The number of halogens is 5. The number of hydrogen-bond donors (Lipinski definition) is 0. The van der Waals surface area contributed by atoms with Crippen LogP contribution in [0.25, 0.3) is 0 Å². The van der Waals surface area contributed by atoms with Crippen molar-refractivity contribution < 1.29 is 22.3 Å². The molecule has 0 bridgehead atoms. The van der Waals surface area contributed by atoms with E-state index in [-0.39, 0.29) is 35.8 Å². The van der Waals surface area contributed by atoms with Crippen molar-refractivity contribution in [3.63, 3.8) is 0 Å². The van der Waals surface area contributed by atoms with Crippen LogP contribution in [0.15, 0.2) is 18.2 Å². The second-order valence-corrected chi connectivity index (χ2v) is 4.50. The Morgan fingerprint density at radius 2 is 1.94 bits per heavy atom. The van der Waals surface area contributed by atoms with Crippen LogP contribution in [0.1, 0.15) is 5.56 Å². The summed E-state index contributed by atoms with van der Waals surface area (Å²) in [5, 5.41) is 0. The van der Waals surface area contributed by atoms with E-state index in [4.69, 9.17) is 16.3 Å². The van der Waals surface area contributed by atoms with Gasteiger partial charge in [-0.05, 0) is 29.5 Å². The molecule has 0 aromatic heterocycles. The van der Waals surface area contributed by atoms with Crippen LogP contribution in [0.5, 0.6) is 5.75 Å². The molecule has 0 saturated carbocycles. The van der Waals surface area contributed by atoms with Crippen molar-refractivity contribution in [2.24, 2.45) is 0 Å². The zero-order valence-electron chi connectivity index (χ0n) is 8.56. The van der Waals surface area contributed by atoms with Gasteiger partial charge < -0.3 is 4.74 Å². The van der Waals surface area contributed by atoms with E-state index < -0.39 is 11.3 Å². The molecule has 0 atom stereocenters. The van der Waals surface area contributed by atoms with E-state index in [1.807, 2.05) is 0 Å². The normalized spacial score (nSPS) is 11.6. The van der Waals surface area contributed by atoms with E-state index in [0.717, 1.165) is 6.07 Å². The third-order valence-corrected chi connectivity index (χ3v) is 2.71. The van der Waals surface area contributed by atoms with E-state index in [0.29, 0.717) is 5.56 Å². The molecule has 0 N–H and O–H groups in total. The van der Waals surface area contributed by atoms with Gasteiger partial charge in [-0.1, -0.05) is 0 Å². The number of rotatable bonds is 5. The first kappa shape index (κ1) is 14.4. The molecule has 0 aliphatic carbocycles. The first-order valence-electron chi connectivity index (χ1n) is 4.59. The molecule has 0 aliphatic rings. The quantitative estimate of drug-likeness (QED) is 0.456. The predicted octanol–water partition coefficient (Wildman–Crippen LogP) is 4.20. The molecule has 0 heterocycles. The van der Waals surface area contributed by atoms with Crippen LogP contribution in [0, 0.1) is 5.82 Å². The molecule has 1 aromatic rings. The topological polar surface area (TPSA) is 9.23 Å². The summed E-state index contributed by atoms with van der Waals surface area (Å²) in [5.74, 6) is -0.466. The van der Waals surface area contributed by atoms with Crippen LogP contribution in [0.2, 0.25) is 0 Å². The Morgan fingerprint density at radius 3 is 2.53 bits per heavy atom. The zero-order chi connectivity index (χ0) is 12.9. The molecule has 7 heteroatoms. The van der Waals surface area contributed by atoms with Crippen LogP contribution in [0.3, 0.4) is 0 Å². The molecular formula is C10H9ClF4OS. The highest BCUT2D eigenvalue weighted by Crippen LogP contribution is 2.29. The Hall–Kier alpha value is -0.620. The van der Waals surface area contributed by atoms with Crippen LogP contribution >= 0.6 is 23.4 Å². The molecular weight excluding hydrogens is 280 g/mol. The zero-order valence-corrected chi connectivity index (χ0v) is 10.1. The lowest BCUT2D eigenvalue weighted by atomic mass is 10.2. The highest BCUT2D eigenvalue weighted by Gasteiger charge is 2.27. The van der Waals surface area contributed by atoms with Gasteiger partial charge in [-0.2, -0.15) is 13.2 Å². The molecule has 0 unspecified atom stereocenters. The molecule has 0 aliphatic heterocycles. The largest absolute Gasteiger partial charge is 0.493 e. The van der Waals surface area contributed by atoms with Gasteiger partial charge >= 0.3 is 5.51 Å². The van der Waals surface area contributed by atoms with Crippen molar-refractivity contribution in [1.29, 1.82) is 0 Å². The van der Waals surface area contributed by atoms with Crippen LogP contribution in [-0.2, 0) is 5.88 Å². The fraction of sp³-hybridized carbons (Fsp3) is 0.400. The van der Waals surface area contributed by atoms with Crippen LogP contribution < -0.4 is 4.74 Å². The standard InChI is InChI=1S/C10H9ClF4OS/c11-6-7-3-8(12)5-9(4-7)16-1-2-17-10(13,14)15/h3-5H,1-2,6H2. The van der Waals surface area contributed by atoms with Gasteiger partial charge in [0.05, 0.1) is 6.61 Å². The minimum Gasteiger partial charge on any atom is -0.493 e. The minimum absolute atomic E-state index is 0.116. The van der Waals surface area contributed by atoms with Gasteiger partial charge in [0.25, 0.3) is 0 Å². The molecule has 1 aromatic carbocycles. The van der Waals surface area contributed by atoms with Gasteiger partial charge in [-0.25, -0.2) is 4.39 Å². The number of benzene rings is 1. The fourth-order valence-electron chi connectivity index (χ4n) is 1.10. The molecule has 0 saturated heterocycles. The molecule has 1 nitrogen and oxygen atoms in total. The Bertz CT molecular complexity index is 370. The maximum Gasteiger partial charge on any atom is 0.441 e. The van der Waals surface area contributed by atoms with Gasteiger partial charge in [0, 0.05) is 17.7 Å². The van der Waals surface area contributed by atoms with Crippen molar-refractivity contribution in [3.05, 3.63) is 29.6 Å². The summed E-state index contributed by atoms with van der Waals surface area (Å²) in [5.41, 5.74) is -3.75. The molecule has 0 fully saturated rings. The van der Waals surface area contributed by atoms with Gasteiger partial charge in [0.2, 0.25) is 0 Å². The van der Waals surface area contributed by atoms with Gasteiger partial charge in [-0.15, -0.1) is 11.6 Å². The Morgan fingerprint density at radius 1 is 1.24 bits per heavy atom. The van der Waals surface area contributed by atoms with Crippen molar-refractivity contribution >= 4 is 23.4 Å². The van der Waals surface area contributed by atoms with Gasteiger partial charge in [-0.3, -0.25) is 0 Å². The maximum atomic E-state index is 13.0. The Balaban J connectivity index is 2.44. The van der Waals surface area contributed by atoms with E-state index in [1.54, 1.807) is 0 Å². The summed E-state index contributed by atoms with van der Waals surface area (Å²) < 4.78 is 53.4. The number of thioether (sulfide) groups is 1. The highest BCUT2D eigenvalue weighted by molar-refractivity contribution is 8.00. The first-order valence-corrected chi connectivity index (χ1v) is 6.11. The molecule has 0 spiro atoms. The third-order valence-electron chi connectivity index (χ3n) is 1.70. The lowest BCUT2D eigenvalue weighted by molar-refractivity contribution is -0.0329.